The lowest BCUT2D eigenvalue weighted by Crippen LogP contribution is -2.33. The van der Waals surface area contributed by atoms with Crippen LogP contribution in [-0.4, -0.2) is 29.3 Å². The van der Waals surface area contributed by atoms with E-state index in [-0.39, 0.29) is 24.4 Å². The molecule has 1 heterocycles. The smallest absolute Gasteiger partial charge is 0.309 e. The van der Waals surface area contributed by atoms with Gasteiger partial charge in [0.05, 0.1) is 34.1 Å². The van der Waals surface area contributed by atoms with E-state index in [1.807, 2.05) is 6.92 Å². The lowest BCUT2D eigenvalue weighted by molar-refractivity contribution is -0.151. The van der Waals surface area contributed by atoms with Crippen molar-refractivity contribution in [2.75, 3.05) is 13.2 Å². The molecule has 0 unspecified atom stereocenters. The molecule has 1 fully saturated rings. The second-order valence-electron chi connectivity index (χ2n) is 5.70. The molecule has 1 aliphatic rings. The Morgan fingerprint density at radius 1 is 1.62 bits per heavy atom. The maximum atomic E-state index is 11.9. The largest absolute Gasteiger partial charge is 0.466 e. The second kappa shape index (κ2) is 7.70. The fraction of sp³-hybridized carbons (Fsp3) is 0.733. The third kappa shape index (κ3) is 4.05. The molecule has 4 atom stereocenters. The molecule has 1 aromatic heterocycles. The molecular formula is C15H22BrNO3S. The first kappa shape index (κ1) is 16.9. The van der Waals surface area contributed by atoms with E-state index >= 15 is 0 Å². The zero-order valence-corrected chi connectivity index (χ0v) is 14.8. The highest BCUT2D eigenvalue weighted by atomic mass is 79.9. The van der Waals surface area contributed by atoms with Gasteiger partial charge in [0.1, 0.15) is 0 Å². The highest BCUT2D eigenvalue weighted by Crippen LogP contribution is 2.42. The summed E-state index contributed by atoms with van der Waals surface area (Å²) in [5, 5.41) is 10.7. The van der Waals surface area contributed by atoms with Crippen molar-refractivity contribution in [2.24, 2.45) is 17.8 Å². The first-order valence-corrected chi connectivity index (χ1v) is 9.06. The van der Waals surface area contributed by atoms with Gasteiger partial charge in [-0.3, -0.25) is 4.79 Å². The maximum absolute atomic E-state index is 11.9. The number of aromatic nitrogens is 1. The molecule has 0 bridgehead atoms. The van der Waals surface area contributed by atoms with Crippen molar-refractivity contribution in [3.63, 3.8) is 0 Å². The van der Waals surface area contributed by atoms with E-state index < -0.39 is 0 Å². The molecule has 1 aliphatic carbocycles. The summed E-state index contributed by atoms with van der Waals surface area (Å²) in [5.41, 5.74) is 0. The van der Waals surface area contributed by atoms with E-state index in [0.717, 1.165) is 28.1 Å². The van der Waals surface area contributed by atoms with E-state index in [1.54, 1.807) is 17.5 Å². The normalized spacial score (nSPS) is 27.3. The number of halogens is 1. The molecular weight excluding hydrogens is 354 g/mol. The van der Waals surface area contributed by atoms with Crippen LogP contribution in [0.25, 0.3) is 0 Å². The highest BCUT2D eigenvalue weighted by Gasteiger charge is 2.37. The van der Waals surface area contributed by atoms with Crippen LogP contribution >= 0.6 is 27.3 Å². The Morgan fingerprint density at radius 2 is 2.38 bits per heavy atom. The van der Waals surface area contributed by atoms with Crippen molar-refractivity contribution in [1.82, 2.24) is 4.98 Å². The Morgan fingerprint density at radius 3 is 2.90 bits per heavy atom. The lowest BCUT2D eigenvalue weighted by atomic mass is 9.71. The fourth-order valence-corrected chi connectivity index (χ4v) is 4.70. The number of ether oxygens (including phenoxy) is 1. The second-order valence-corrected chi connectivity index (χ2v) is 8.14. The van der Waals surface area contributed by atoms with E-state index in [2.05, 4.69) is 27.8 Å². The van der Waals surface area contributed by atoms with Crippen LogP contribution in [0.1, 0.15) is 44.0 Å². The van der Waals surface area contributed by atoms with Crippen LogP contribution in [0.3, 0.4) is 0 Å². The van der Waals surface area contributed by atoms with Crippen LogP contribution in [0.15, 0.2) is 9.98 Å². The van der Waals surface area contributed by atoms with Gasteiger partial charge in [0.25, 0.3) is 0 Å². The number of hydrogen-bond acceptors (Lipinski definition) is 5. The molecule has 0 aromatic carbocycles. The molecule has 0 spiro atoms. The first-order valence-electron chi connectivity index (χ1n) is 7.45. The van der Waals surface area contributed by atoms with Crippen molar-refractivity contribution in [1.29, 1.82) is 0 Å². The average molecular weight is 376 g/mol. The monoisotopic (exact) mass is 375 g/mol. The van der Waals surface area contributed by atoms with Crippen molar-refractivity contribution >= 4 is 33.2 Å². The molecule has 6 heteroatoms. The minimum atomic E-state index is -0.0685. The summed E-state index contributed by atoms with van der Waals surface area (Å²) < 4.78 is 6.15. The van der Waals surface area contributed by atoms with Crippen molar-refractivity contribution in [3.05, 3.63) is 15.0 Å². The molecule has 1 saturated carbocycles. The van der Waals surface area contributed by atoms with Crippen LogP contribution in [0, 0.1) is 17.8 Å². The van der Waals surface area contributed by atoms with Crippen LogP contribution < -0.4 is 0 Å². The summed E-state index contributed by atoms with van der Waals surface area (Å²) in [6.45, 7) is 4.51. The van der Waals surface area contributed by atoms with Gasteiger partial charge in [-0.1, -0.05) is 6.92 Å². The lowest BCUT2D eigenvalue weighted by Gasteiger charge is -2.35. The number of carbonyl (C=O) groups is 1. The van der Waals surface area contributed by atoms with Crippen LogP contribution in [0.4, 0.5) is 0 Å². The minimum absolute atomic E-state index is 0.00331. The molecule has 0 radical (unpaired) electrons. The van der Waals surface area contributed by atoms with Crippen LogP contribution in [0.5, 0.6) is 0 Å². The van der Waals surface area contributed by atoms with Crippen molar-refractivity contribution in [2.45, 2.75) is 39.0 Å². The van der Waals surface area contributed by atoms with Gasteiger partial charge < -0.3 is 9.84 Å². The minimum Gasteiger partial charge on any atom is -0.466 e. The van der Waals surface area contributed by atoms with E-state index in [9.17, 15) is 9.90 Å². The Hall–Kier alpha value is -0.460. The number of aliphatic hydroxyl groups excluding tert-OH is 1. The van der Waals surface area contributed by atoms with Gasteiger partial charge in [-0.25, -0.2) is 4.98 Å². The van der Waals surface area contributed by atoms with Gasteiger partial charge >= 0.3 is 5.97 Å². The van der Waals surface area contributed by atoms with Gasteiger partial charge in [0.2, 0.25) is 0 Å². The SMILES string of the molecule is CCOC(=O)[C@@H]1CC[C@@H]([C@H](CO)c2ncc(Br)s2)C[C@@H]1C. The maximum Gasteiger partial charge on any atom is 0.309 e. The summed E-state index contributed by atoms with van der Waals surface area (Å²) in [7, 11) is 0. The number of carbonyl (C=O) groups excluding carboxylic acids is 1. The number of aliphatic hydroxyl groups is 1. The number of nitrogens with zero attached hydrogens (tertiary/aromatic N) is 1. The number of esters is 1. The molecule has 0 amide bonds. The zero-order valence-electron chi connectivity index (χ0n) is 12.4. The Kier molecular flexibility index (Phi) is 6.20. The Bertz CT molecular complexity index is 479. The first-order chi connectivity index (χ1) is 10.1. The summed E-state index contributed by atoms with van der Waals surface area (Å²) in [5.74, 6) is 0.686. The predicted molar refractivity (Wildman–Crippen MR) is 86.3 cm³/mol. The molecule has 2 rings (SSSR count). The number of thiazole rings is 1. The van der Waals surface area contributed by atoms with Gasteiger partial charge in [-0.05, 0) is 54.0 Å². The molecule has 21 heavy (non-hydrogen) atoms. The highest BCUT2D eigenvalue weighted by molar-refractivity contribution is 9.11. The average Bonchev–Trinajstić information content (AvgIpc) is 2.86. The van der Waals surface area contributed by atoms with E-state index in [4.69, 9.17) is 4.74 Å². The Labute approximate surface area is 138 Å². The van der Waals surface area contributed by atoms with E-state index in [0.29, 0.717) is 18.4 Å². The molecule has 118 valence electrons. The van der Waals surface area contributed by atoms with Crippen molar-refractivity contribution in [3.8, 4) is 0 Å². The third-order valence-electron chi connectivity index (χ3n) is 4.38. The summed E-state index contributed by atoms with van der Waals surface area (Å²) >= 11 is 5.01. The van der Waals surface area contributed by atoms with Gasteiger partial charge in [0, 0.05) is 5.92 Å². The molecule has 0 aliphatic heterocycles. The Balaban J connectivity index is 2.02. The van der Waals surface area contributed by atoms with E-state index in [1.165, 1.54) is 0 Å². The zero-order chi connectivity index (χ0) is 15.4. The summed E-state index contributed by atoms with van der Waals surface area (Å²) in [4.78, 5) is 16.3. The van der Waals surface area contributed by atoms with Crippen LogP contribution in [-0.2, 0) is 9.53 Å². The van der Waals surface area contributed by atoms with Gasteiger partial charge in [0.15, 0.2) is 0 Å². The van der Waals surface area contributed by atoms with Gasteiger partial charge in [-0.15, -0.1) is 11.3 Å². The standard InChI is InChI=1S/C15H22BrNO3S/c1-3-20-15(19)11-5-4-10(6-9(11)2)12(8-18)14-17-7-13(16)21-14/h7,9-12,18H,3-6,8H2,1-2H3/t9-,10+,11+,12-/m0/s1. The predicted octanol–water partition coefficient (Wildman–Crippen LogP) is 3.60. The summed E-state index contributed by atoms with van der Waals surface area (Å²) in [6.07, 6.45) is 4.51. The number of rotatable bonds is 5. The third-order valence-corrected chi connectivity index (χ3v) is 5.99. The topological polar surface area (TPSA) is 59.4 Å². The molecule has 1 aromatic rings. The van der Waals surface area contributed by atoms with Crippen LogP contribution in [0.2, 0.25) is 0 Å². The summed E-state index contributed by atoms with van der Waals surface area (Å²) in [6, 6.07) is 0. The fourth-order valence-electron chi connectivity index (χ4n) is 3.27. The molecule has 4 nitrogen and oxygen atoms in total. The number of hydrogen-bond donors (Lipinski definition) is 1. The molecule has 1 N–H and O–H groups in total. The van der Waals surface area contributed by atoms with Gasteiger partial charge in [-0.2, -0.15) is 0 Å². The molecule has 0 saturated heterocycles. The van der Waals surface area contributed by atoms with Crippen molar-refractivity contribution < 1.29 is 14.6 Å². The quantitative estimate of drug-likeness (QED) is 0.798.